The maximum atomic E-state index is 13.8. The largest absolute Gasteiger partial charge is 0.411 e. The lowest BCUT2D eigenvalue weighted by molar-refractivity contribution is 0.102. The van der Waals surface area contributed by atoms with Gasteiger partial charge in [0, 0.05) is 6.54 Å². The molecule has 0 radical (unpaired) electrons. The van der Waals surface area contributed by atoms with Crippen LogP contribution in [-0.4, -0.2) is 31.3 Å². The van der Waals surface area contributed by atoms with Gasteiger partial charge in [-0.3, -0.25) is 19.1 Å². The first kappa shape index (κ1) is 19.5. The first-order chi connectivity index (χ1) is 13.4. The minimum atomic E-state index is -0.849. The van der Waals surface area contributed by atoms with Crippen LogP contribution in [0.3, 0.4) is 0 Å². The molecule has 11 heteroatoms. The molecule has 0 aliphatic rings. The van der Waals surface area contributed by atoms with E-state index in [4.69, 9.17) is 10.2 Å². The van der Waals surface area contributed by atoms with Gasteiger partial charge in [0.05, 0.1) is 11.3 Å². The fourth-order valence-corrected chi connectivity index (χ4v) is 3.15. The van der Waals surface area contributed by atoms with Gasteiger partial charge in [-0.15, -0.1) is 10.2 Å². The Hall–Kier alpha value is -3.21. The highest BCUT2D eigenvalue weighted by molar-refractivity contribution is 7.99. The zero-order valence-electron chi connectivity index (χ0n) is 14.8. The summed E-state index contributed by atoms with van der Waals surface area (Å²) in [6.45, 7) is 2.10. The normalized spacial score (nSPS) is 10.9. The Morgan fingerprint density at radius 1 is 1.32 bits per heavy atom. The minimum Gasteiger partial charge on any atom is -0.411 e. The molecule has 146 valence electrons. The second-order valence-electron chi connectivity index (χ2n) is 5.74. The van der Waals surface area contributed by atoms with Gasteiger partial charge in [-0.05, 0) is 18.6 Å². The predicted molar refractivity (Wildman–Crippen MR) is 101 cm³/mol. The van der Waals surface area contributed by atoms with E-state index in [2.05, 4.69) is 15.2 Å². The van der Waals surface area contributed by atoms with E-state index in [1.807, 2.05) is 6.92 Å². The average Bonchev–Trinajstić information content (AvgIpc) is 3.12. The van der Waals surface area contributed by atoms with Crippen LogP contribution >= 0.6 is 11.8 Å². The minimum absolute atomic E-state index is 0.0260. The summed E-state index contributed by atoms with van der Waals surface area (Å²) in [6.07, 6.45) is 0.597. The van der Waals surface area contributed by atoms with Crippen molar-refractivity contribution in [2.24, 2.45) is 0 Å². The number of nitrogens with zero attached hydrogens (tertiary/aromatic N) is 3. The lowest BCUT2D eigenvalue weighted by atomic mass is 10.2. The number of nitrogens with one attached hydrogen (secondary N) is 1. The summed E-state index contributed by atoms with van der Waals surface area (Å²) in [4.78, 5) is 38.4. The number of H-pyrrole nitrogens is 1. The lowest BCUT2D eigenvalue weighted by Crippen LogP contribution is -2.36. The molecule has 0 saturated heterocycles. The maximum Gasteiger partial charge on any atom is 0.329 e. The zero-order valence-corrected chi connectivity index (χ0v) is 15.6. The van der Waals surface area contributed by atoms with Crippen LogP contribution in [0.15, 0.2) is 43.5 Å². The molecule has 2 heterocycles. The maximum absolute atomic E-state index is 13.8. The number of nitrogens with two attached hydrogens (primary N) is 1. The van der Waals surface area contributed by atoms with Crippen molar-refractivity contribution in [1.29, 1.82) is 0 Å². The number of aromatic nitrogens is 4. The van der Waals surface area contributed by atoms with E-state index in [9.17, 15) is 18.8 Å². The second kappa shape index (κ2) is 8.21. The van der Waals surface area contributed by atoms with E-state index in [0.717, 1.165) is 16.3 Å². The first-order valence-corrected chi connectivity index (χ1v) is 9.28. The standard InChI is InChI=1S/C17H16FN5O4S/c1-2-7-23-13(19)12(14(25)20-16(23)26)11(24)8-28-17-22-21-15(27-17)9-5-3-4-6-10(9)18/h3-6H,2,7-8,19H2,1H3,(H,20,25,26). The quantitative estimate of drug-likeness (QED) is 0.447. The number of halogens is 1. The SMILES string of the molecule is CCCn1c(N)c(C(=O)CSc2nnc(-c3ccccc3F)o2)c(=O)[nH]c1=O. The highest BCUT2D eigenvalue weighted by atomic mass is 32.2. The van der Waals surface area contributed by atoms with Crippen LogP contribution in [0.4, 0.5) is 10.2 Å². The fourth-order valence-electron chi connectivity index (χ4n) is 2.51. The number of carbonyl (C=O) groups excluding carboxylic acids is 1. The van der Waals surface area contributed by atoms with Gasteiger partial charge < -0.3 is 10.2 Å². The molecule has 1 aromatic carbocycles. The van der Waals surface area contributed by atoms with Crippen LogP contribution in [-0.2, 0) is 6.54 Å². The smallest absolute Gasteiger partial charge is 0.329 e. The highest BCUT2D eigenvalue weighted by Crippen LogP contribution is 2.25. The van der Waals surface area contributed by atoms with Gasteiger partial charge in [0.25, 0.3) is 16.7 Å². The topological polar surface area (TPSA) is 137 Å². The van der Waals surface area contributed by atoms with Crippen LogP contribution in [0, 0.1) is 5.82 Å². The van der Waals surface area contributed by atoms with Crippen molar-refractivity contribution in [3.63, 3.8) is 0 Å². The van der Waals surface area contributed by atoms with Gasteiger partial charge >= 0.3 is 5.69 Å². The number of hydrogen-bond donors (Lipinski definition) is 2. The number of ketones is 1. The van der Waals surface area contributed by atoms with Gasteiger partial charge in [-0.1, -0.05) is 30.8 Å². The van der Waals surface area contributed by atoms with Gasteiger partial charge in [0.15, 0.2) is 5.78 Å². The molecule has 3 N–H and O–H groups in total. The van der Waals surface area contributed by atoms with Gasteiger partial charge in [0.2, 0.25) is 0 Å². The van der Waals surface area contributed by atoms with Gasteiger partial charge in [-0.25, -0.2) is 9.18 Å². The molecule has 0 fully saturated rings. The van der Waals surface area contributed by atoms with Crippen molar-refractivity contribution in [3.05, 3.63) is 56.5 Å². The Balaban J connectivity index is 1.79. The van der Waals surface area contributed by atoms with E-state index >= 15 is 0 Å². The lowest BCUT2D eigenvalue weighted by Gasteiger charge is -2.10. The van der Waals surface area contributed by atoms with Crippen molar-refractivity contribution in [3.8, 4) is 11.5 Å². The number of hydrogen-bond acceptors (Lipinski definition) is 8. The number of Topliss-reactive ketones (excluding diaryl/α,β-unsaturated/α-hetero) is 1. The van der Waals surface area contributed by atoms with Crippen molar-refractivity contribution in [2.45, 2.75) is 25.1 Å². The Bertz CT molecular complexity index is 1140. The summed E-state index contributed by atoms with van der Waals surface area (Å²) < 4.78 is 20.3. The monoisotopic (exact) mass is 405 g/mol. The van der Waals surface area contributed by atoms with Crippen molar-refractivity contribution in [1.82, 2.24) is 19.7 Å². The summed E-state index contributed by atoms with van der Waals surface area (Å²) in [6, 6.07) is 5.90. The van der Waals surface area contributed by atoms with E-state index in [1.54, 1.807) is 6.07 Å². The molecule has 0 aliphatic carbocycles. The molecule has 3 rings (SSSR count). The molecule has 0 spiro atoms. The number of carbonyl (C=O) groups is 1. The third kappa shape index (κ3) is 3.88. The molecular weight excluding hydrogens is 389 g/mol. The number of nitrogen functional groups attached to an aromatic ring is 1. The molecule has 0 atom stereocenters. The van der Waals surface area contributed by atoms with Crippen molar-refractivity contribution in [2.75, 3.05) is 11.5 Å². The summed E-state index contributed by atoms with van der Waals surface area (Å²) in [5.41, 5.74) is 4.18. The fraction of sp³-hybridized carbons (Fsp3) is 0.235. The van der Waals surface area contributed by atoms with E-state index < -0.39 is 22.8 Å². The number of benzene rings is 1. The molecule has 0 bridgehead atoms. The molecule has 0 amide bonds. The average molecular weight is 405 g/mol. The van der Waals surface area contributed by atoms with E-state index in [0.29, 0.717) is 6.42 Å². The molecule has 0 unspecified atom stereocenters. The van der Waals surface area contributed by atoms with Crippen LogP contribution in [0.5, 0.6) is 0 Å². The molecule has 9 nitrogen and oxygen atoms in total. The van der Waals surface area contributed by atoms with Crippen molar-refractivity contribution < 1.29 is 13.6 Å². The molecule has 0 saturated carbocycles. The second-order valence-corrected chi connectivity index (χ2v) is 6.66. The molecule has 28 heavy (non-hydrogen) atoms. The Labute approximate surface area is 161 Å². The highest BCUT2D eigenvalue weighted by Gasteiger charge is 2.21. The number of thioether (sulfide) groups is 1. The van der Waals surface area contributed by atoms with Crippen molar-refractivity contribution >= 4 is 23.4 Å². The van der Waals surface area contributed by atoms with E-state index in [1.165, 1.54) is 18.2 Å². The Morgan fingerprint density at radius 3 is 2.79 bits per heavy atom. The van der Waals surface area contributed by atoms with Crippen LogP contribution in [0.2, 0.25) is 0 Å². The third-order valence-corrected chi connectivity index (χ3v) is 4.62. The third-order valence-electron chi connectivity index (χ3n) is 3.80. The predicted octanol–water partition coefficient (Wildman–Crippen LogP) is 1.69. The summed E-state index contributed by atoms with van der Waals surface area (Å²) in [7, 11) is 0. The van der Waals surface area contributed by atoms with E-state index in [-0.39, 0.29) is 40.4 Å². The Morgan fingerprint density at radius 2 is 2.07 bits per heavy atom. The molecule has 3 aromatic rings. The summed E-state index contributed by atoms with van der Waals surface area (Å²) >= 11 is 0.878. The molecular formula is C17H16FN5O4S. The van der Waals surface area contributed by atoms with Gasteiger partial charge in [-0.2, -0.15) is 0 Å². The van der Waals surface area contributed by atoms with Crippen LogP contribution in [0.25, 0.3) is 11.5 Å². The van der Waals surface area contributed by atoms with Gasteiger partial charge in [0.1, 0.15) is 17.2 Å². The number of rotatable bonds is 7. The number of anilines is 1. The summed E-state index contributed by atoms with van der Waals surface area (Å²) in [5, 5.41) is 7.55. The van der Waals surface area contributed by atoms with Crippen LogP contribution in [0.1, 0.15) is 23.7 Å². The summed E-state index contributed by atoms with van der Waals surface area (Å²) in [5.74, 6) is -1.55. The molecule has 2 aromatic heterocycles. The zero-order chi connectivity index (χ0) is 20.3. The van der Waals surface area contributed by atoms with Crippen LogP contribution < -0.4 is 17.0 Å². The first-order valence-electron chi connectivity index (χ1n) is 8.29. The Kier molecular flexibility index (Phi) is 5.73. The number of aromatic amines is 1. The molecule has 0 aliphatic heterocycles.